The molecule has 74 valence electrons. The van der Waals surface area contributed by atoms with E-state index in [1.165, 1.54) is 0 Å². The van der Waals surface area contributed by atoms with Crippen LogP contribution < -0.4 is 5.73 Å². The Labute approximate surface area is 92.1 Å². The van der Waals surface area contributed by atoms with Crippen molar-refractivity contribution in [2.24, 2.45) is 5.73 Å². The first-order chi connectivity index (χ1) is 7.31. The van der Waals surface area contributed by atoms with Gasteiger partial charge in [0.2, 0.25) is 0 Å². The van der Waals surface area contributed by atoms with Crippen molar-refractivity contribution in [3.63, 3.8) is 0 Å². The summed E-state index contributed by atoms with van der Waals surface area (Å²) in [4.78, 5) is 4.70. The maximum atomic E-state index is 5.34. The average Bonchev–Trinajstić information content (AvgIpc) is 2.69. The molecule has 4 nitrogen and oxygen atoms in total. The lowest BCUT2D eigenvalue weighted by atomic mass is 10.3. The van der Waals surface area contributed by atoms with Crippen LogP contribution in [0.3, 0.4) is 0 Å². The maximum absolute atomic E-state index is 5.34. The van der Waals surface area contributed by atoms with Crippen LogP contribution in [0.4, 0.5) is 0 Å². The van der Waals surface area contributed by atoms with Gasteiger partial charge < -0.3 is 5.73 Å². The Hall–Kier alpha value is -1.77. The normalized spacial score (nSPS) is 9.67. The largest absolute Gasteiger partial charge is 0.325 e. The minimum atomic E-state index is 0.301. The van der Waals surface area contributed by atoms with E-state index in [9.17, 15) is 0 Å². The quantitative estimate of drug-likeness (QED) is 0.554. The molecule has 0 unspecified atom stereocenters. The third-order valence-corrected chi connectivity index (χ3v) is 2.07. The number of thiocarbonyl (C=S) groups is 1. The maximum Gasteiger partial charge on any atom is 0.170 e. The van der Waals surface area contributed by atoms with Crippen molar-refractivity contribution in [2.45, 2.75) is 0 Å². The van der Waals surface area contributed by atoms with Crippen LogP contribution in [0.5, 0.6) is 0 Å². The lowest BCUT2D eigenvalue weighted by Gasteiger charge is -1.89. The van der Waals surface area contributed by atoms with Gasteiger partial charge in [0.1, 0.15) is 0 Å². The van der Waals surface area contributed by atoms with E-state index in [4.69, 9.17) is 18.0 Å². The number of rotatable bonds is 1. The number of fused-ring (bicyclic) bond motifs is 1. The monoisotopic (exact) mass is 216 g/mol. The summed E-state index contributed by atoms with van der Waals surface area (Å²) < 4.78 is 1.66. The van der Waals surface area contributed by atoms with Crippen LogP contribution in [-0.4, -0.2) is 26.0 Å². The van der Waals surface area contributed by atoms with E-state index in [0.717, 1.165) is 11.2 Å². The predicted octanol–water partition coefficient (Wildman–Crippen LogP) is 0.409. The molecule has 0 saturated carbocycles. The molecule has 2 heterocycles. The van der Waals surface area contributed by atoms with E-state index in [1.807, 2.05) is 12.3 Å². The van der Waals surface area contributed by atoms with E-state index < -0.39 is 0 Å². The Morgan fingerprint density at radius 3 is 3.27 bits per heavy atom. The smallest absolute Gasteiger partial charge is 0.170 e. The van der Waals surface area contributed by atoms with Gasteiger partial charge in [0.25, 0.3) is 0 Å². The van der Waals surface area contributed by atoms with Crippen molar-refractivity contribution >= 4 is 22.7 Å². The molecule has 0 fully saturated rings. The highest BCUT2D eigenvalue weighted by atomic mass is 32.1. The first kappa shape index (κ1) is 9.77. The number of nitrogens with two attached hydrogens (primary N) is 1. The Morgan fingerprint density at radius 2 is 2.47 bits per heavy atom. The molecule has 0 atom stereocenters. The van der Waals surface area contributed by atoms with Crippen LogP contribution >= 0.6 is 12.2 Å². The van der Waals surface area contributed by atoms with Crippen LogP contribution in [-0.2, 0) is 0 Å². The number of hydrogen-bond donors (Lipinski definition) is 1. The molecule has 2 N–H and O–H groups in total. The highest BCUT2D eigenvalue weighted by Gasteiger charge is 2.00. The van der Waals surface area contributed by atoms with Gasteiger partial charge in [-0.25, -0.2) is 9.50 Å². The molecular formula is C10H8N4S. The number of hydrogen-bond acceptors (Lipinski definition) is 4. The van der Waals surface area contributed by atoms with E-state index in [2.05, 4.69) is 21.9 Å². The molecule has 2 rings (SSSR count). The van der Waals surface area contributed by atoms with Gasteiger partial charge in [-0.2, -0.15) is 5.10 Å². The Bertz CT molecular complexity index is 561. The van der Waals surface area contributed by atoms with Crippen LogP contribution in [0.15, 0.2) is 24.7 Å². The van der Waals surface area contributed by atoms with Crippen molar-refractivity contribution in [1.29, 1.82) is 0 Å². The Balaban J connectivity index is 2.43. The van der Waals surface area contributed by atoms with Gasteiger partial charge >= 0.3 is 0 Å². The molecule has 0 radical (unpaired) electrons. The fourth-order valence-corrected chi connectivity index (χ4v) is 1.15. The molecule has 0 amide bonds. The molecule has 0 aliphatic rings. The van der Waals surface area contributed by atoms with Crippen molar-refractivity contribution in [1.82, 2.24) is 14.6 Å². The standard InChI is InChI=1S/C10H8N4S/c11-6-9(15)3-2-8-7-13-14-5-1-4-12-10(8)14/h1,4-5,7H,6,11H2. The number of nitrogens with zero attached hydrogens (tertiary/aromatic N) is 3. The summed E-state index contributed by atoms with van der Waals surface area (Å²) in [5.41, 5.74) is 6.83. The predicted molar refractivity (Wildman–Crippen MR) is 61.5 cm³/mol. The summed E-state index contributed by atoms with van der Waals surface area (Å²) in [7, 11) is 0. The van der Waals surface area contributed by atoms with Gasteiger partial charge in [0, 0.05) is 18.9 Å². The number of aromatic nitrogens is 3. The van der Waals surface area contributed by atoms with Crippen LogP contribution in [0, 0.1) is 11.8 Å². The molecule has 0 saturated heterocycles. The van der Waals surface area contributed by atoms with Crippen molar-refractivity contribution in [2.75, 3.05) is 6.54 Å². The van der Waals surface area contributed by atoms with Crippen molar-refractivity contribution < 1.29 is 0 Å². The molecule has 0 aromatic carbocycles. The topological polar surface area (TPSA) is 56.2 Å². The zero-order valence-electron chi connectivity index (χ0n) is 7.84. The summed E-state index contributed by atoms with van der Waals surface area (Å²) in [5, 5.41) is 4.10. The van der Waals surface area contributed by atoms with Crippen molar-refractivity contribution in [3.8, 4) is 11.8 Å². The first-order valence-corrected chi connectivity index (χ1v) is 4.75. The van der Waals surface area contributed by atoms with Gasteiger partial charge in [-0.15, -0.1) is 0 Å². The summed E-state index contributed by atoms with van der Waals surface area (Å²) >= 11 is 4.90. The molecule has 0 aliphatic heterocycles. The SMILES string of the molecule is NCC(=S)C#Cc1cnn2cccnc12. The second kappa shape index (κ2) is 4.17. The minimum absolute atomic E-state index is 0.301. The van der Waals surface area contributed by atoms with Gasteiger partial charge in [0.15, 0.2) is 5.65 Å². The minimum Gasteiger partial charge on any atom is -0.325 e. The second-order valence-corrected chi connectivity index (χ2v) is 3.32. The Kier molecular flexibility index (Phi) is 2.72. The zero-order chi connectivity index (χ0) is 10.7. The highest BCUT2D eigenvalue weighted by molar-refractivity contribution is 7.81. The molecule has 0 aliphatic carbocycles. The molecule has 5 heteroatoms. The van der Waals surface area contributed by atoms with E-state index in [-0.39, 0.29) is 0 Å². The average molecular weight is 216 g/mol. The molecule has 0 bridgehead atoms. The van der Waals surface area contributed by atoms with Crippen LogP contribution in [0.2, 0.25) is 0 Å². The van der Waals surface area contributed by atoms with Crippen LogP contribution in [0.1, 0.15) is 5.56 Å². The van der Waals surface area contributed by atoms with E-state index in [1.54, 1.807) is 16.9 Å². The highest BCUT2D eigenvalue weighted by Crippen LogP contribution is 2.04. The van der Waals surface area contributed by atoms with Gasteiger partial charge in [-0.3, -0.25) is 0 Å². The van der Waals surface area contributed by atoms with E-state index in [0.29, 0.717) is 11.4 Å². The zero-order valence-corrected chi connectivity index (χ0v) is 8.66. The molecule has 2 aromatic heterocycles. The van der Waals surface area contributed by atoms with Crippen LogP contribution in [0.25, 0.3) is 5.65 Å². The second-order valence-electron chi connectivity index (χ2n) is 2.82. The fourth-order valence-electron chi connectivity index (χ4n) is 1.10. The van der Waals surface area contributed by atoms with E-state index >= 15 is 0 Å². The Morgan fingerprint density at radius 1 is 1.60 bits per heavy atom. The lowest BCUT2D eigenvalue weighted by Crippen LogP contribution is -2.08. The summed E-state index contributed by atoms with van der Waals surface area (Å²) in [5.74, 6) is 5.69. The van der Waals surface area contributed by atoms with Crippen molar-refractivity contribution in [3.05, 3.63) is 30.2 Å². The first-order valence-electron chi connectivity index (χ1n) is 4.34. The fraction of sp³-hybridized carbons (Fsp3) is 0.100. The molecule has 2 aromatic rings. The lowest BCUT2D eigenvalue weighted by molar-refractivity contribution is 0.939. The molecule has 0 spiro atoms. The molecular weight excluding hydrogens is 208 g/mol. The third-order valence-electron chi connectivity index (χ3n) is 1.80. The van der Waals surface area contributed by atoms with Gasteiger partial charge in [-0.1, -0.05) is 24.1 Å². The molecule has 15 heavy (non-hydrogen) atoms. The third kappa shape index (κ3) is 2.01. The summed E-state index contributed by atoms with van der Waals surface area (Å²) in [6.07, 6.45) is 5.17. The summed E-state index contributed by atoms with van der Waals surface area (Å²) in [6, 6.07) is 1.81. The summed E-state index contributed by atoms with van der Waals surface area (Å²) in [6.45, 7) is 0.301. The van der Waals surface area contributed by atoms with Gasteiger partial charge in [0.05, 0.1) is 16.6 Å². The van der Waals surface area contributed by atoms with Gasteiger partial charge in [-0.05, 0) is 6.07 Å².